The summed E-state index contributed by atoms with van der Waals surface area (Å²) in [6, 6.07) is 14.1. The van der Waals surface area contributed by atoms with Gasteiger partial charge in [0.15, 0.2) is 0 Å². The Morgan fingerprint density at radius 2 is 1.84 bits per heavy atom. The molecule has 0 saturated heterocycles. The molecule has 0 bridgehead atoms. The third-order valence-electron chi connectivity index (χ3n) is 2.61. The summed E-state index contributed by atoms with van der Waals surface area (Å²) in [5.41, 5.74) is 2.09. The van der Waals surface area contributed by atoms with Gasteiger partial charge in [-0.3, -0.25) is 4.79 Å². The van der Waals surface area contributed by atoms with Gasteiger partial charge in [-0.2, -0.15) is 0 Å². The molecule has 0 atom stereocenters. The van der Waals surface area contributed by atoms with Gasteiger partial charge >= 0.3 is 0 Å². The number of para-hydroxylation sites is 3. The third kappa shape index (κ3) is 3.42. The molecule has 0 radical (unpaired) electrons. The number of nitrogens with zero attached hydrogens (tertiary/aromatic N) is 1. The van der Waals surface area contributed by atoms with E-state index < -0.39 is 0 Å². The summed E-state index contributed by atoms with van der Waals surface area (Å²) in [5, 5.41) is 12.2. The number of hydrogen-bond donors (Lipinski definition) is 2. The van der Waals surface area contributed by atoms with E-state index in [1.165, 1.54) is 6.07 Å². The highest BCUT2D eigenvalue weighted by Gasteiger charge is 2.02. The van der Waals surface area contributed by atoms with Crippen LogP contribution in [-0.4, -0.2) is 17.2 Å². The van der Waals surface area contributed by atoms with Gasteiger partial charge < -0.3 is 10.4 Å². The predicted octanol–water partition coefficient (Wildman–Crippen LogP) is 3.04. The van der Waals surface area contributed by atoms with Crippen LogP contribution in [0.5, 0.6) is 5.75 Å². The fourth-order valence-electron chi connectivity index (χ4n) is 1.58. The first-order valence-electron chi connectivity index (χ1n) is 5.85. The molecule has 0 spiro atoms. The Morgan fingerprint density at radius 3 is 2.58 bits per heavy atom. The molecule has 0 unspecified atom stereocenters. The van der Waals surface area contributed by atoms with E-state index in [0.29, 0.717) is 5.69 Å². The lowest BCUT2D eigenvalue weighted by Gasteiger charge is -2.04. The molecule has 2 rings (SSSR count). The van der Waals surface area contributed by atoms with Crippen molar-refractivity contribution >= 4 is 23.5 Å². The summed E-state index contributed by atoms with van der Waals surface area (Å²) < 4.78 is 0. The van der Waals surface area contributed by atoms with Gasteiger partial charge in [0, 0.05) is 5.69 Å². The van der Waals surface area contributed by atoms with E-state index in [-0.39, 0.29) is 11.7 Å². The molecule has 19 heavy (non-hydrogen) atoms. The number of carbonyl (C=O) groups excluding carboxylic acids is 1. The molecule has 0 aliphatic rings. The highest BCUT2D eigenvalue weighted by Crippen LogP contribution is 2.24. The monoisotopic (exact) mass is 254 g/mol. The summed E-state index contributed by atoms with van der Waals surface area (Å²) in [5.74, 6) is -0.292. The first-order chi connectivity index (χ1) is 9.16. The summed E-state index contributed by atoms with van der Waals surface area (Å²) >= 11 is 0. The highest BCUT2D eigenvalue weighted by molar-refractivity contribution is 6.32. The van der Waals surface area contributed by atoms with Crippen LogP contribution >= 0.6 is 0 Å². The van der Waals surface area contributed by atoms with Crippen molar-refractivity contribution in [3.63, 3.8) is 0 Å². The molecular formula is C15H14N2O2. The molecule has 2 aromatic rings. The largest absolute Gasteiger partial charge is 0.506 e. The van der Waals surface area contributed by atoms with Crippen LogP contribution in [0.1, 0.15) is 5.56 Å². The average Bonchev–Trinajstić information content (AvgIpc) is 2.40. The molecule has 4 heteroatoms. The Labute approximate surface area is 111 Å². The minimum atomic E-state index is -0.336. The molecule has 0 fully saturated rings. The molecule has 0 heterocycles. The van der Waals surface area contributed by atoms with E-state index >= 15 is 0 Å². The van der Waals surface area contributed by atoms with Crippen molar-refractivity contribution in [2.45, 2.75) is 6.92 Å². The van der Waals surface area contributed by atoms with Crippen molar-refractivity contribution in [1.82, 2.24) is 0 Å². The van der Waals surface area contributed by atoms with Crippen molar-refractivity contribution < 1.29 is 9.90 Å². The lowest BCUT2D eigenvalue weighted by molar-refractivity contribution is -0.109. The summed E-state index contributed by atoms with van der Waals surface area (Å²) in [7, 11) is 0. The molecule has 0 saturated carbocycles. The van der Waals surface area contributed by atoms with E-state index in [0.717, 1.165) is 17.5 Å². The second kappa shape index (κ2) is 5.82. The number of benzene rings is 2. The van der Waals surface area contributed by atoms with Gasteiger partial charge in [-0.1, -0.05) is 30.3 Å². The molecule has 1 amide bonds. The van der Waals surface area contributed by atoms with E-state index in [2.05, 4.69) is 10.3 Å². The summed E-state index contributed by atoms with van der Waals surface area (Å²) in [4.78, 5) is 15.7. The number of nitrogens with one attached hydrogen (secondary N) is 1. The number of rotatable bonds is 3. The van der Waals surface area contributed by atoms with Crippen molar-refractivity contribution in [2.24, 2.45) is 4.99 Å². The third-order valence-corrected chi connectivity index (χ3v) is 2.61. The van der Waals surface area contributed by atoms with Crippen molar-refractivity contribution in [2.75, 3.05) is 5.32 Å². The number of phenols is 1. The Hall–Kier alpha value is -2.62. The average molecular weight is 254 g/mol. The first kappa shape index (κ1) is 12.8. The Balaban J connectivity index is 2.06. The quantitative estimate of drug-likeness (QED) is 0.827. The van der Waals surface area contributed by atoms with Crippen LogP contribution in [0.25, 0.3) is 0 Å². The number of aliphatic imine (C=N–C) groups is 1. The fraction of sp³-hybridized carbons (Fsp3) is 0.0667. The van der Waals surface area contributed by atoms with Crippen LogP contribution in [0.2, 0.25) is 0 Å². The maximum atomic E-state index is 11.7. The Kier molecular flexibility index (Phi) is 3.93. The lowest BCUT2D eigenvalue weighted by atomic mass is 10.2. The maximum Gasteiger partial charge on any atom is 0.266 e. The zero-order valence-electron chi connectivity index (χ0n) is 10.5. The Bertz CT molecular complexity index is 621. The van der Waals surface area contributed by atoms with Gasteiger partial charge in [-0.25, -0.2) is 4.99 Å². The molecule has 2 N–H and O–H groups in total. The van der Waals surface area contributed by atoms with Crippen molar-refractivity contribution in [1.29, 1.82) is 0 Å². The molecule has 0 aliphatic carbocycles. The van der Waals surface area contributed by atoms with Crippen LogP contribution in [0, 0.1) is 6.92 Å². The van der Waals surface area contributed by atoms with Crippen molar-refractivity contribution in [3.8, 4) is 5.75 Å². The normalized spacial score (nSPS) is 10.6. The number of amides is 1. The van der Waals surface area contributed by atoms with Gasteiger partial charge in [0.25, 0.3) is 5.91 Å². The topological polar surface area (TPSA) is 61.7 Å². The van der Waals surface area contributed by atoms with E-state index in [1.54, 1.807) is 18.2 Å². The zero-order valence-corrected chi connectivity index (χ0v) is 10.5. The van der Waals surface area contributed by atoms with Crippen LogP contribution < -0.4 is 5.32 Å². The van der Waals surface area contributed by atoms with Gasteiger partial charge in [0.1, 0.15) is 11.4 Å². The van der Waals surface area contributed by atoms with E-state index in [4.69, 9.17) is 0 Å². The van der Waals surface area contributed by atoms with Crippen LogP contribution in [0.3, 0.4) is 0 Å². The van der Waals surface area contributed by atoms with Crippen molar-refractivity contribution in [3.05, 3.63) is 54.1 Å². The Morgan fingerprint density at radius 1 is 1.16 bits per heavy atom. The van der Waals surface area contributed by atoms with Crippen LogP contribution in [0.4, 0.5) is 11.4 Å². The van der Waals surface area contributed by atoms with E-state index in [1.807, 2.05) is 31.2 Å². The maximum absolute atomic E-state index is 11.7. The van der Waals surface area contributed by atoms with Gasteiger partial charge in [-0.05, 0) is 30.7 Å². The molecule has 0 aliphatic heterocycles. The summed E-state index contributed by atoms with van der Waals surface area (Å²) in [6.45, 7) is 1.91. The van der Waals surface area contributed by atoms with Crippen LogP contribution in [-0.2, 0) is 4.79 Å². The van der Waals surface area contributed by atoms with Gasteiger partial charge in [0.2, 0.25) is 0 Å². The summed E-state index contributed by atoms with van der Waals surface area (Å²) in [6.07, 6.45) is 1.15. The number of aryl methyl sites for hydroxylation is 1. The van der Waals surface area contributed by atoms with Gasteiger partial charge in [0.05, 0.1) is 6.21 Å². The predicted molar refractivity (Wildman–Crippen MR) is 76.1 cm³/mol. The molecule has 4 nitrogen and oxygen atoms in total. The number of aromatic hydroxyl groups is 1. The molecule has 0 aromatic heterocycles. The first-order valence-corrected chi connectivity index (χ1v) is 5.85. The smallest absolute Gasteiger partial charge is 0.266 e. The number of hydrogen-bond acceptors (Lipinski definition) is 3. The highest BCUT2D eigenvalue weighted by atomic mass is 16.3. The number of carbonyl (C=O) groups is 1. The SMILES string of the molecule is Cc1ccccc1NC(=O)C=Nc1ccccc1O. The second-order valence-corrected chi connectivity index (χ2v) is 4.05. The van der Waals surface area contributed by atoms with Gasteiger partial charge in [-0.15, -0.1) is 0 Å². The molecule has 96 valence electrons. The second-order valence-electron chi connectivity index (χ2n) is 4.05. The fourth-order valence-corrected chi connectivity index (χ4v) is 1.58. The zero-order chi connectivity index (χ0) is 13.7. The molecular weight excluding hydrogens is 240 g/mol. The molecule has 2 aromatic carbocycles. The minimum absolute atomic E-state index is 0.0439. The van der Waals surface area contributed by atoms with Crippen LogP contribution in [0.15, 0.2) is 53.5 Å². The number of anilines is 1. The standard InChI is InChI=1S/C15H14N2O2/c1-11-6-2-3-7-12(11)17-15(19)10-16-13-8-4-5-9-14(13)18/h2-10,18H,1H3,(H,17,19). The van der Waals surface area contributed by atoms with E-state index in [9.17, 15) is 9.90 Å². The minimum Gasteiger partial charge on any atom is -0.506 e. The lowest BCUT2D eigenvalue weighted by Crippen LogP contribution is -2.13. The number of phenolic OH excluding ortho intramolecular Hbond substituents is 1.